The van der Waals surface area contributed by atoms with Crippen LogP contribution in [-0.2, 0) is 0 Å². The number of nitrogens with zero attached hydrogens (tertiary/aromatic N) is 2. The fourth-order valence-electron chi connectivity index (χ4n) is 1.36. The Labute approximate surface area is 103 Å². The van der Waals surface area contributed by atoms with E-state index in [0.717, 1.165) is 19.8 Å². The van der Waals surface area contributed by atoms with Gasteiger partial charge in [-0.3, -0.25) is 0 Å². The fourth-order valence-corrected chi connectivity index (χ4v) is 3.37. The molecule has 0 aliphatic heterocycles. The van der Waals surface area contributed by atoms with Crippen molar-refractivity contribution in [3.63, 3.8) is 0 Å². The van der Waals surface area contributed by atoms with Crippen molar-refractivity contribution in [3.8, 4) is 0 Å². The van der Waals surface area contributed by atoms with Crippen molar-refractivity contribution < 1.29 is 0 Å². The van der Waals surface area contributed by atoms with Gasteiger partial charge in [0.15, 0.2) is 4.34 Å². The molecule has 2 aromatic rings. The summed E-state index contributed by atoms with van der Waals surface area (Å²) in [6, 6.07) is 8.19. The monoisotopic (exact) mass is 251 g/mol. The topological polar surface area (TPSA) is 51.8 Å². The molecule has 0 saturated heterocycles. The second-order valence-electron chi connectivity index (χ2n) is 3.52. The first kappa shape index (κ1) is 11.6. The number of benzene rings is 1. The highest BCUT2D eigenvalue weighted by atomic mass is 32.2. The number of hydrogen-bond donors (Lipinski definition) is 1. The third kappa shape index (κ3) is 2.61. The molecule has 0 amide bonds. The Hall–Kier alpha value is -0.910. The predicted molar refractivity (Wildman–Crippen MR) is 67.8 cm³/mol. The molecule has 1 aromatic carbocycles. The molecule has 0 radical (unpaired) electrons. The van der Waals surface area contributed by atoms with Gasteiger partial charge in [-0.05, 0) is 25.5 Å². The van der Waals surface area contributed by atoms with E-state index in [-0.39, 0.29) is 6.04 Å². The maximum Gasteiger partial charge on any atom is 0.179 e. The van der Waals surface area contributed by atoms with E-state index in [2.05, 4.69) is 22.3 Å². The first-order valence-electron chi connectivity index (χ1n) is 4.99. The van der Waals surface area contributed by atoms with Gasteiger partial charge in [0.25, 0.3) is 0 Å². The van der Waals surface area contributed by atoms with Crippen LogP contribution in [0.4, 0.5) is 0 Å². The summed E-state index contributed by atoms with van der Waals surface area (Å²) in [5.74, 6) is 0. The van der Waals surface area contributed by atoms with Gasteiger partial charge in [-0.2, -0.15) is 0 Å². The van der Waals surface area contributed by atoms with E-state index in [4.69, 9.17) is 5.73 Å². The number of rotatable bonds is 3. The first-order valence-corrected chi connectivity index (χ1v) is 6.62. The Morgan fingerprint density at radius 3 is 2.69 bits per heavy atom. The first-order chi connectivity index (χ1) is 7.66. The van der Waals surface area contributed by atoms with Crippen molar-refractivity contribution in [2.45, 2.75) is 29.1 Å². The maximum absolute atomic E-state index is 5.93. The van der Waals surface area contributed by atoms with Crippen molar-refractivity contribution in [1.82, 2.24) is 10.2 Å². The van der Waals surface area contributed by atoms with Crippen molar-refractivity contribution >= 4 is 23.1 Å². The normalized spacial score (nSPS) is 12.7. The van der Waals surface area contributed by atoms with Crippen LogP contribution in [0.25, 0.3) is 0 Å². The second-order valence-corrected chi connectivity index (χ2v) is 5.99. The highest BCUT2D eigenvalue weighted by Crippen LogP contribution is 2.33. The molecular weight excluding hydrogens is 238 g/mol. The number of aryl methyl sites for hydroxylation is 1. The molecule has 1 heterocycles. The van der Waals surface area contributed by atoms with Crippen molar-refractivity contribution in [1.29, 1.82) is 0 Å². The van der Waals surface area contributed by atoms with Gasteiger partial charge in [0.05, 0.1) is 0 Å². The van der Waals surface area contributed by atoms with Crippen LogP contribution in [0, 0.1) is 6.92 Å². The summed E-state index contributed by atoms with van der Waals surface area (Å²) in [6.07, 6.45) is 0. The van der Waals surface area contributed by atoms with Gasteiger partial charge in [0, 0.05) is 10.9 Å². The molecule has 0 spiro atoms. The quantitative estimate of drug-likeness (QED) is 0.911. The van der Waals surface area contributed by atoms with Crippen molar-refractivity contribution in [2.75, 3.05) is 0 Å². The molecule has 3 nitrogen and oxygen atoms in total. The van der Waals surface area contributed by atoms with Gasteiger partial charge >= 0.3 is 0 Å². The highest BCUT2D eigenvalue weighted by Gasteiger charge is 2.09. The van der Waals surface area contributed by atoms with E-state index < -0.39 is 0 Å². The second kappa shape index (κ2) is 4.95. The summed E-state index contributed by atoms with van der Waals surface area (Å²) >= 11 is 3.23. The molecule has 5 heteroatoms. The SMILES string of the molecule is Cc1nnc(Sc2ccccc2C(C)N)s1. The lowest BCUT2D eigenvalue weighted by molar-refractivity contribution is 0.797. The molecule has 16 heavy (non-hydrogen) atoms. The summed E-state index contributed by atoms with van der Waals surface area (Å²) in [7, 11) is 0. The summed E-state index contributed by atoms with van der Waals surface area (Å²) in [5.41, 5.74) is 7.08. The van der Waals surface area contributed by atoms with Crippen LogP contribution in [-0.4, -0.2) is 10.2 Å². The van der Waals surface area contributed by atoms with Gasteiger partial charge < -0.3 is 5.73 Å². The van der Waals surface area contributed by atoms with E-state index in [1.807, 2.05) is 26.0 Å². The average Bonchev–Trinajstić information content (AvgIpc) is 2.64. The zero-order chi connectivity index (χ0) is 11.5. The lowest BCUT2D eigenvalue weighted by atomic mass is 10.1. The molecule has 0 bridgehead atoms. The summed E-state index contributed by atoms with van der Waals surface area (Å²) in [6.45, 7) is 3.95. The molecule has 1 atom stereocenters. The Kier molecular flexibility index (Phi) is 3.58. The van der Waals surface area contributed by atoms with Crippen LogP contribution >= 0.6 is 23.1 Å². The Bertz CT molecular complexity index is 480. The van der Waals surface area contributed by atoms with E-state index >= 15 is 0 Å². The van der Waals surface area contributed by atoms with Gasteiger partial charge in [-0.1, -0.05) is 41.3 Å². The molecule has 0 saturated carbocycles. The largest absolute Gasteiger partial charge is 0.324 e. The number of nitrogens with two attached hydrogens (primary N) is 1. The van der Waals surface area contributed by atoms with Crippen molar-refractivity contribution in [2.24, 2.45) is 5.73 Å². The average molecular weight is 251 g/mol. The lowest BCUT2D eigenvalue weighted by Crippen LogP contribution is -2.05. The van der Waals surface area contributed by atoms with Crippen LogP contribution in [0.15, 0.2) is 33.5 Å². The highest BCUT2D eigenvalue weighted by molar-refractivity contribution is 8.01. The summed E-state index contributed by atoms with van der Waals surface area (Å²) < 4.78 is 0.964. The molecule has 84 valence electrons. The third-order valence-corrected chi connectivity index (χ3v) is 4.10. The number of aromatic nitrogens is 2. The fraction of sp³-hybridized carbons (Fsp3) is 0.273. The molecule has 2 N–H and O–H groups in total. The minimum atomic E-state index is 0.0396. The minimum Gasteiger partial charge on any atom is -0.324 e. The molecule has 1 unspecified atom stereocenters. The van der Waals surface area contributed by atoms with E-state index in [1.165, 1.54) is 0 Å². The minimum absolute atomic E-state index is 0.0396. The molecule has 1 aromatic heterocycles. The zero-order valence-corrected chi connectivity index (χ0v) is 10.8. The van der Waals surface area contributed by atoms with Crippen LogP contribution in [0.1, 0.15) is 23.5 Å². The molecule has 0 aliphatic rings. The summed E-state index contributed by atoms with van der Waals surface area (Å²) in [5, 5.41) is 9.09. The van der Waals surface area contributed by atoms with Crippen LogP contribution < -0.4 is 5.73 Å². The molecule has 0 aliphatic carbocycles. The Morgan fingerprint density at radius 1 is 1.31 bits per heavy atom. The van der Waals surface area contributed by atoms with Gasteiger partial charge in [0.2, 0.25) is 0 Å². The smallest absolute Gasteiger partial charge is 0.179 e. The van der Waals surface area contributed by atoms with Crippen LogP contribution in [0.2, 0.25) is 0 Å². The zero-order valence-electron chi connectivity index (χ0n) is 9.18. The maximum atomic E-state index is 5.93. The van der Waals surface area contributed by atoms with E-state index in [1.54, 1.807) is 23.1 Å². The standard InChI is InChI=1S/C11H13N3S2/c1-7(12)9-5-3-4-6-10(9)16-11-14-13-8(2)15-11/h3-7H,12H2,1-2H3. The van der Waals surface area contributed by atoms with Crippen LogP contribution in [0.5, 0.6) is 0 Å². The summed E-state index contributed by atoms with van der Waals surface area (Å²) in [4.78, 5) is 1.16. The van der Waals surface area contributed by atoms with Gasteiger partial charge in [-0.25, -0.2) is 0 Å². The predicted octanol–water partition coefficient (Wildman–Crippen LogP) is 3.02. The molecular formula is C11H13N3S2. The van der Waals surface area contributed by atoms with E-state index in [9.17, 15) is 0 Å². The van der Waals surface area contributed by atoms with E-state index in [0.29, 0.717) is 0 Å². The van der Waals surface area contributed by atoms with Gasteiger partial charge in [0.1, 0.15) is 5.01 Å². The molecule has 2 rings (SSSR count). The number of hydrogen-bond acceptors (Lipinski definition) is 5. The third-order valence-electron chi connectivity index (χ3n) is 2.11. The Balaban J connectivity index is 2.27. The Morgan fingerprint density at radius 2 is 2.06 bits per heavy atom. The van der Waals surface area contributed by atoms with Crippen molar-refractivity contribution in [3.05, 3.63) is 34.8 Å². The van der Waals surface area contributed by atoms with Crippen LogP contribution in [0.3, 0.4) is 0 Å². The molecule has 0 fully saturated rings. The van der Waals surface area contributed by atoms with Gasteiger partial charge in [-0.15, -0.1) is 10.2 Å². The lowest BCUT2D eigenvalue weighted by Gasteiger charge is -2.10.